The highest BCUT2D eigenvalue weighted by molar-refractivity contribution is 5.26. The SMILES string of the molecule is CCC1CCCCC1C(C)(N)c1cc(F)cc(F)c1. The Morgan fingerprint density at radius 1 is 1.16 bits per heavy atom. The Kier molecular flexibility index (Phi) is 4.24. The lowest BCUT2D eigenvalue weighted by molar-refractivity contribution is 0.138. The molecule has 3 atom stereocenters. The second-order valence-electron chi connectivity index (χ2n) is 6.00. The molecule has 2 rings (SSSR count). The molecule has 0 spiro atoms. The average Bonchev–Trinajstić information content (AvgIpc) is 2.37. The summed E-state index contributed by atoms with van der Waals surface area (Å²) in [6.45, 7) is 4.09. The number of rotatable bonds is 3. The van der Waals surface area contributed by atoms with E-state index in [2.05, 4.69) is 6.92 Å². The van der Waals surface area contributed by atoms with Crippen LogP contribution >= 0.6 is 0 Å². The van der Waals surface area contributed by atoms with Crippen LogP contribution in [-0.2, 0) is 5.54 Å². The van der Waals surface area contributed by atoms with E-state index in [4.69, 9.17) is 5.73 Å². The average molecular weight is 267 g/mol. The summed E-state index contributed by atoms with van der Waals surface area (Å²) in [5, 5.41) is 0. The molecule has 0 saturated heterocycles. The van der Waals surface area contributed by atoms with E-state index in [1.54, 1.807) is 0 Å². The lowest BCUT2D eigenvalue weighted by Crippen LogP contribution is -2.46. The summed E-state index contributed by atoms with van der Waals surface area (Å²) in [6, 6.07) is 3.66. The fourth-order valence-electron chi connectivity index (χ4n) is 3.56. The highest BCUT2D eigenvalue weighted by atomic mass is 19.1. The second kappa shape index (κ2) is 5.58. The molecule has 1 fully saturated rings. The molecule has 0 radical (unpaired) electrons. The molecule has 19 heavy (non-hydrogen) atoms. The van der Waals surface area contributed by atoms with E-state index >= 15 is 0 Å². The van der Waals surface area contributed by atoms with E-state index in [-0.39, 0.29) is 0 Å². The summed E-state index contributed by atoms with van der Waals surface area (Å²) in [4.78, 5) is 0. The lowest BCUT2D eigenvalue weighted by atomic mass is 9.66. The van der Waals surface area contributed by atoms with Crippen LogP contribution in [0, 0.1) is 23.5 Å². The number of benzene rings is 1. The minimum atomic E-state index is -0.663. The van der Waals surface area contributed by atoms with Crippen molar-refractivity contribution in [2.45, 2.75) is 51.5 Å². The van der Waals surface area contributed by atoms with E-state index in [0.717, 1.165) is 25.3 Å². The predicted octanol–water partition coefficient (Wildman–Crippen LogP) is 4.36. The van der Waals surface area contributed by atoms with Crippen LogP contribution in [0.3, 0.4) is 0 Å². The zero-order valence-corrected chi connectivity index (χ0v) is 11.8. The standard InChI is InChI=1S/C16H23F2N/c1-3-11-6-4-5-7-15(11)16(2,19)12-8-13(17)10-14(18)9-12/h8-11,15H,3-7,19H2,1-2H3. The molecule has 2 N–H and O–H groups in total. The first kappa shape index (κ1) is 14.4. The Bertz CT molecular complexity index is 422. The quantitative estimate of drug-likeness (QED) is 0.865. The van der Waals surface area contributed by atoms with Crippen molar-refractivity contribution >= 4 is 0 Å². The molecule has 1 aliphatic carbocycles. The van der Waals surface area contributed by atoms with E-state index in [1.165, 1.54) is 25.0 Å². The van der Waals surface area contributed by atoms with Gasteiger partial charge in [-0.3, -0.25) is 0 Å². The maximum absolute atomic E-state index is 13.4. The maximum Gasteiger partial charge on any atom is 0.126 e. The van der Waals surface area contributed by atoms with Crippen LogP contribution in [-0.4, -0.2) is 0 Å². The molecule has 1 saturated carbocycles. The number of hydrogen-bond acceptors (Lipinski definition) is 1. The maximum atomic E-state index is 13.4. The Balaban J connectivity index is 2.33. The van der Waals surface area contributed by atoms with Gasteiger partial charge in [0.25, 0.3) is 0 Å². The molecule has 1 aliphatic rings. The van der Waals surface area contributed by atoms with Gasteiger partial charge in [-0.05, 0) is 42.9 Å². The fourth-order valence-corrected chi connectivity index (χ4v) is 3.56. The van der Waals surface area contributed by atoms with Gasteiger partial charge in [-0.15, -0.1) is 0 Å². The van der Waals surface area contributed by atoms with Crippen molar-refractivity contribution in [1.29, 1.82) is 0 Å². The molecule has 1 aromatic rings. The van der Waals surface area contributed by atoms with Crippen LogP contribution in [0.15, 0.2) is 18.2 Å². The third-order valence-electron chi connectivity index (χ3n) is 4.69. The topological polar surface area (TPSA) is 26.0 Å². The molecule has 1 aromatic carbocycles. The summed E-state index contributed by atoms with van der Waals surface area (Å²) in [7, 11) is 0. The molecule has 0 aliphatic heterocycles. The van der Waals surface area contributed by atoms with Gasteiger partial charge >= 0.3 is 0 Å². The summed E-state index contributed by atoms with van der Waals surface area (Å²) < 4.78 is 26.8. The molecule has 3 heteroatoms. The highest BCUT2D eigenvalue weighted by Crippen LogP contribution is 2.42. The Labute approximate surface area is 114 Å². The van der Waals surface area contributed by atoms with Crippen LogP contribution < -0.4 is 5.73 Å². The van der Waals surface area contributed by atoms with Crippen LogP contribution in [0.25, 0.3) is 0 Å². The molecular formula is C16H23F2N. The first-order chi connectivity index (χ1) is 8.95. The summed E-state index contributed by atoms with van der Waals surface area (Å²) in [5.74, 6) is -0.242. The molecule has 0 amide bonds. The fraction of sp³-hybridized carbons (Fsp3) is 0.625. The zero-order chi connectivity index (χ0) is 14.0. The predicted molar refractivity (Wildman–Crippen MR) is 73.6 cm³/mol. The van der Waals surface area contributed by atoms with Gasteiger partial charge in [0, 0.05) is 11.6 Å². The van der Waals surface area contributed by atoms with Gasteiger partial charge in [-0.25, -0.2) is 8.78 Å². The zero-order valence-electron chi connectivity index (χ0n) is 11.8. The summed E-state index contributed by atoms with van der Waals surface area (Å²) in [5.41, 5.74) is 6.40. The highest BCUT2D eigenvalue weighted by Gasteiger charge is 2.38. The monoisotopic (exact) mass is 267 g/mol. The Morgan fingerprint density at radius 3 is 2.32 bits per heavy atom. The van der Waals surface area contributed by atoms with Crippen molar-refractivity contribution in [3.63, 3.8) is 0 Å². The van der Waals surface area contributed by atoms with Crippen molar-refractivity contribution in [3.05, 3.63) is 35.4 Å². The minimum absolute atomic E-state index is 0.299. The van der Waals surface area contributed by atoms with Gasteiger partial charge in [-0.2, -0.15) is 0 Å². The molecule has 1 nitrogen and oxygen atoms in total. The van der Waals surface area contributed by atoms with Crippen LogP contribution in [0.1, 0.15) is 51.5 Å². The van der Waals surface area contributed by atoms with E-state index in [9.17, 15) is 8.78 Å². The summed E-state index contributed by atoms with van der Waals surface area (Å²) >= 11 is 0. The van der Waals surface area contributed by atoms with E-state index in [1.807, 2.05) is 6.92 Å². The van der Waals surface area contributed by atoms with Crippen LogP contribution in [0.5, 0.6) is 0 Å². The van der Waals surface area contributed by atoms with Crippen molar-refractivity contribution in [2.75, 3.05) is 0 Å². The van der Waals surface area contributed by atoms with Crippen LogP contribution in [0.4, 0.5) is 8.78 Å². The molecule has 3 unspecified atom stereocenters. The molecule has 0 aromatic heterocycles. The number of nitrogens with two attached hydrogens (primary N) is 1. The van der Waals surface area contributed by atoms with Gasteiger partial charge in [0.15, 0.2) is 0 Å². The van der Waals surface area contributed by atoms with Gasteiger partial charge < -0.3 is 5.73 Å². The second-order valence-corrected chi connectivity index (χ2v) is 6.00. The van der Waals surface area contributed by atoms with Crippen LogP contribution in [0.2, 0.25) is 0 Å². The van der Waals surface area contributed by atoms with Crippen molar-refractivity contribution in [1.82, 2.24) is 0 Å². The lowest BCUT2D eigenvalue weighted by Gasteiger charge is -2.42. The van der Waals surface area contributed by atoms with Gasteiger partial charge in [0.1, 0.15) is 11.6 Å². The molecular weight excluding hydrogens is 244 g/mol. The molecule has 0 heterocycles. The van der Waals surface area contributed by atoms with Gasteiger partial charge in [0.2, 0.25) is 0 Å². The van der Waals surface area contributed by atoms with E-state index in [0.29, 0.717) is 17.4 Å². The van der Waals surface area contributed by atoms with Crippen molar-refractivity contribution < 1.29 is 8.78 Å². The third-order valence-corrected chi connectivity index (χ3v) is 4.69. The first-order valence-electron chi connectivity index (χ1n) is 7.20. The third kappa shape index (κ3) is 2.97. The number of halogens is 2. The van der Waals surface area contributed by atoms with Gasteiger partial charge in [0.05, 0.1) is 0 Å². The number of hydrogen-bond donors (Lipinski definition) is 1. The van der Waals surface area contributed by atoms with Crippen molar-refractivity contribution in [2.24, 2.45) is 17.6 Å². The van der Waals surface area contributed by atoms with Crippen molar-refractivity contribution in [3.8, 4) is 0 Å². The van der Waals surface area contributed by atoms with Gasteiger partial charge in [-0.1, -0.05) is 32.6 Å². The smallest absolute Gasteiger partial charge is 0.126 e. The normalized spacial score (nSPS) is 27.0. The minimum Gasteiger partial charge on any atom is -0.321 e. The van der Waals surface area contributed by atoms with E-state index < -0.39 is 17.2 Å². The first-order valence-corrected chi connectivity index (χ1v) is 7.20. The summed E-state index contributed by atoms with van der Waals surface area (Å²) in [6.07, 6.45) is 5.69. The Hall–Kier alpha value is -0.960. The Morgan fingerprint density at radius 2 is 1.74 bits per heavy atom. The molecule has 0 bridgehead atoms. The largest absolute Gasteiger partial charge is 0.321 e. The molecule has 106 valence electrons.